The maximum atomic E-state index is 11.0. The van der Waals surface area contributed by atoms with Crippen molar-refractivity contribution in [3.05, 3.63) is 84.2 Å². The summed E-state index contributed by atoms with van der Waals surface area (Å²) in [6.07, 6.45) is 4.05. The molecule has 4 rings (SSSR count). The fourth-order valence-electron chi connectivity index (χ4n) is 3.40. The van der Waals surface area contributed by atoms with Gasteiger partial charge in [0.05, 0.1) is 0 Å². The van der Waals surface area contributed by atoms with Gasteiger partial charge in [-0.05, 0) is 35.7 Å². The minimum absolute atomic E-state index is 0.337. The summed E-state index contributed by atoms with van der Waals surface area (Å²) in [6, 6.07) is 19.9. The van der Waals surface area contributed by atoms with Crippen molar-refractivity contribution in [2.24, 2.45) is 0 Å². The van der Waals surface area contributed by atoms with Gasteiger partial charge in [-0.15, -0.1) is 0 Å². The summed E-state index contributed by atoms with van der Waals surface area (Å²) in [5.74, 6) is 0.714. The van der Waals surface area contributed by atoms with Crippen LogP contribution in [0.2, 0.25) is 0 Å². The Kier molecular flexibility index (Phi) is 4.65. The smallest absolute Gasteiger partial charge is 0.321 e. The van der Waals surface area contributed by atoms with E-state index in [1.807, 2.05) is 48.5 Å². The van der Waals surface area contributed by atoms with Crippen molar-refractivity contribution in [2.45, 2.75) is 18.6 Å². The third-order valence-electron chi connectivity index (χ3n) is 4.69. The molecule has 26 heavy (non-hydrogen) atoms. The maximum Gasteiger partial charge on any atom is 0.321 e. The molecular weight excluding hydrogens is 326 g/mol. The number of rotatable bonds is 5. The lowest BCUT2D eigenvalue weighted by molar-refractivity contribution is 0.0453. The molecule has 1 fully saturated rings. The Balaban J connectivity index is 1.43. The summed E-state index contributed by atoms with van der Waals surface area (Å²) in [5, 5.41) is 11.0. The van der Waals surface area contributed by atoms with Crippen molar-refractivity contribution < 1.29 is 9.84 Å². The molecule has 1 aliphatic rings. The highest BCUT2D eigenvalue weighted by Gasteiger charge is 2.37. The first-order valence-electron chi connectivity index (χ1n) is 8.75. The van der Waals surface area contributed by atoms with Gasteiger partial charge in [0.15, 0.2) is 0 Å². The molecule has 0 spiro atoms. The van der Waals surface area contributed by atoms with Gasteiger partial charge < -0.3 is 9.84 Å². The second-order valence-corrected chi connectivity index (χ2v) is 6.64. The van der Waals surface area contributed by atoms with E-state index in [0.29, 0.717) is 18.3 Å². The minimum atomic E-state index is -0.771. The number of likely N-dealkylation sites (tertiary alicyclic amines) is 1. The zero-order valence-electron chi connectivity index (χ0n) is 14.5. The van der Waals surface area contributed by atoms with Crippen LogP contribution in [0.1, 0.15) is 17.5 Å². The van der Waals surface area contributed by atoms with Crippen LogP contribution in [0.3, 0.4) is 0 Å². The Bertz CT molecular complexity index is 857. The monoisotopic (exact) mass is 347 g/mol. The highest BCUT2D eigenvalue weighted by Crippen LogP contribution is 2.32. The predicted molar refractivity (Wildman–Crippen MR) is 98.8 cm³/mol. The number of ether oxygens (including phenoxy) is 1. The third-order valence-corrected chi connectivity index (χ3v) is 4.69. The largest absolute Gasteiger partial charge is 0.424 e. The lowest BCUT2D eigenvalue weighted by atomic mass is 9.93. The second kappa shape index (κ2) is 7.23. The van der Waals surface area contributed by atoms with Crippen LogP contribution < -0.4 is 4.74 Å². The van der Waals surface area contributed by atoms with Crippen LogP contribution in [0.15, 0.2) is 73.1 Å². The number of hydrogen-bond donors (Lipinski definition) is 1. The molecule has 1 aromatic heterocycles. The van der Waals surface area contributed by atoms with Crippen LogP contribution in [0.25, 0.3) is 0 Å². The minimum Gasteiger partial charge on any atom is -0.424 e. The van der Waals surface area contributed by atoms with Crippen molar-refractivity contribution in [1.82, 2.24) is 14.9 Å². The summed E-state index contributed by atoms with van der Waals surface area (Å²) in [4.78, 5) is 10.4. The number of hydrogen-bond acceptors (Lipinski definition) is 5. The van der Waals surface area contributed by atoms with E-state index in [1.165, 1.54) is 0 Å². The number of aromatic nitrogens is 2. The lowest BCUT2D eigenvalue weighted by Crippen LogP contribution is -2.30. The van der Waals surface area contributed by atoms with Gasteiger partial charge >= 0.3 is 6.01 Å². The van der Waals surface area contributed by atoms with E-state index >= 15 is 0 Å². The van der Waals surface area contributed by atoms with Crippen molar-refractivity contribution in [1.29, 1.82) is 0 Å². The van der Waals surface area contributed by atoms with Crippen LogP contribution in [0.4, 0.5) is 0 Å². The summed E-state index contributed by atoms with van der Waals surface area (Å²) >= 11 is 0. The average Bonchev–Trinajstić information content (AvgIpc) is 3.06. The number of β-amino-alcohol motifs (C(OH)–C–C–N with tert-alkyl or cyclic N) is 1. The number of nitrogens with zero attached hydrogens (tertiary/aromatic N) is 3. The van der Waals surface area contributed by atoms with Crippen LogP contribution in [-0.4, -0.2) is 33.1 Å². The van der Waals surface area contributed by atoms with Crippen LogP contribution in [-0.2, 0) is 12.1 Å². The summed E-state index contributed by atoms with van der Waals surface area (Å²) in [7, 11) is 0. The van der Waals surface area contributed by atoms with Crippen molar-refractivity contribution in [2.75, 3.05) is 13.1 Å². The van der Waals surface area contributed by atoms with E-state index in [-0.39, 0.29) is 0 Å². The summed E-state index contributed by atoms with van der Waals surface area (Å²) in [5.41, 5.74) is 1.35. The first-order valence-corrected chi connectivity index (χ1v) is 8.75. The molecule has 0 unspecified atom stereocenters. The Labute approximate surface area is 152 Å². The quantitative estimate of drug-likeness (QED) is 0.767. The van der Waals surface area contributed by atoms with Gasteiger partial charge in [-0.1, -0.05) is 42.5 Å². The average molecular weight is 347 g/mol. The normalized spacial score (nSPS) is 20.2. The van der Waals surface area contributed by atoms with E-state index in [4.69, 9.17) is 4.74 Å². The van der Waals surface area contributed by atoms with Gasteiger partial charge in [-0.25, -0.2) is 9.97 Å². The van der Waals surface area contributed by atoms with Crippen molar-refractivity contribution in [3.63, 3.8) is 0 Å². The summed E-state index contributed by atoms with van der Waals surface area (Å²) in [6.45, 7) is 2.25. The van der Waals surface area contributed by atoms with Crippen LogP contribution in [0, 0.1) is 0 Å². The fraction of sp³-hybridized carbons (Fsp3) is 0.238. The van der Waals surface area contributed by atoms with Crippen LogP contribution in [0.5, 0.6) is 11.8 Å². The highest BCUT2D eigenvalue weighted by molar-refractivity contribution is 5.31. The third kappa shape index (κ3) is 3.74. The maximum absolute atomic E-state index is 11.0. The van der Waals surface area contributed by atoms with E-state index < -0.39 is 5.60 Å². The first kappa shape index (κ1) is 16.7. The first-order chi connectivity index (χ1) is 12.7. The Morgan fingerprint density at radius 3 is 2.62 bits per heavy atom. The van der Waals surface area contributed by atoms with Crippen molar-refractivity contribution >= 4 is 0 Å². The van der Waals surface area contributed by atoms with Gasteiger partial charge in [0.25, 0.3) is 0 Å². The molecule has 0 saturated carbocycles. The van der Waals surface area contributed by atoms with E-state index in [9.17, 15) is 5.11 Å². The molecule has 1 aliphatic heterocycles. The SMILES string of the molecule is O[C@]1(c2ccccc2)CCN(Cc2cccc(Oc3ncccn3)c2)C1. The molecule has 1 atom stereocenters. The number of benzene rings is 2. The Hall–Kier alpha value is -2.76. The second-order valence-electron chi connectivity index (χ2n) is 6.64. The zero-order chi connectivity index (χ0) is 17.8. The number of aliphatic hydroxyl groups is 1. The topological polar surface area (TPSA) is 58.5 Å². The summed E-state index contributed by atoms with van der Waals surface area (Å²) < 4.78 is 5.70. The molecule has 2 heterocycles. The molecule has 5 heteroatoms. The van der Waals surface area contributed by atoms with E-state index in [1.54, 1.807) is 18.5 Å². The van der Waals surface area contributed by atoms with E-state index in [2.05, 4.69) is 20.9 Å². The molecule has 3 aromatic rings. The van der Waals surface area contributed by atoms with E-state index in [0.717, 1.165) is 30.6 Å². The fourth-order valence-corrected chi connectivity index (χ4v) is 3.40. The molecular formula is C21H21N3O2. The Morgan fingerprint density at radius 1 is 1.00 bits per heavy atom. The van der Waals surface area contributed by atoms with Gasteiger partial charge in [0.2, 0.25) is 0 Å². The lowest BCUT2D eigenvalue weighted by Gasteiger charge is -2.24. The molecule has 1 saturated heterocycles. The van der Waals surface area contributed by atoms with Gasteiger partial charge in [0.1, 0.15) is 11.4 Å². The highest BCUT2D eigenvalue weighted by atomic mass is 16.5. The molecule has 0 aliphatic carbocycles. The Morgan fingerprint density at radius 2 is 1.81 bits per heavy atom. The standard InChI is InChI=1S/C21H21N3O2/c25-21(18-7-2-1-3-8-18)10-13-24(16-21)15-17-6-4-9-19(14-17)26-20-22-11-5-12-23-20/h1-9,11-12,14,25H,10,13,15-16H2/t21-/m1/s1. The molecule has 0 radical (unpaired) electrons. The van der Waals surface area contributed by atoms with Gasteiger partial charge in [0, 0.05) is 32.0 Å². The molecule has 2 aromatic carbocycles. The molecule has 0 bridgehead atoms. The molecule has 1 N–H and O–H groups in total. The van der Waals surface area contributed by atoms with Gasteiger partial charge in [-0.2, -0.15) is 0 Å². The predicted octanol–water partition coefficient (Wildman–Crippen LogP) is 3.36. The molecule has 5 nitrogen and oxygen atoms in total. The van der Waals surface area contributed by atoms with Gasteiger partial charge in [-0.3, -0.25) is 4.90 Å². The molecule has 132 valence electrons. The van der Waals surface area contributed by atoms with Crippen molar-refractivity contribution in [3.8, 4) is 11.8 Å². The molecule has 0 amide bonds. The zero-order valence-corrected chi connectivity index (χ0v) is 14.5. The van der Waals surface area contributed by atoms with Crippen LogP contribution >= 0.6 is 0 Å².